The van der Waals surface area contributed by atoms with Crippen LogP contribution in [-0.4, -0.2) is 65.0 Å². The second-order valence-corrected chi connectivity index (χ2v) is 13.7. The Morgan fingerprint density at radius 1 is 0.865 bits per heavy atom. The molecule has 272 valence electrons. The Labute approximate surface area is 300 Å². The lowest BCUT2D eigenvalue weighted by Crippen LogP contribution is -2.60. The highest BCUT2D eigenvalue weighted by atomic mass is 31.2. The highest BCUT2D eigenvalue weighted by molar-refractivity contribution is 7.49. The van der Waals surface area contributed by atoms with Gasteiger partial charge in [0.25, 0.3) is 0 Å². The normalized spacial score (nSPS) is 20.3. The van der Waals surface area contributed by atoms with Gasteiger partial charge in [0.2, 0.25) is 6.29 Å². The van der Waals surface area contributed by atoms with Gasteiger partial charge in [0.1, 0.15) is 65.2 Å². The van der Waals surface area contributed by atoms with Crippen LogP contribution in [0.2, 0.25) is 0 Å². The van der Waals surface area contributed by atoms with Gasteiger partial charge in [-0.25, -0.2) is 4.57 Å². The molecular weight excluding hydrogens is 691 g/mol. The SMILES string of the molecule is C=CCOc1cc(C)cc(O[C@@H]2O[C@H](COP(=O)(Oc3ccccc3)Oc3ccccc3)[C@@H](O)[C@H](O)[C@H]2O)c1C(=O)CCc1ccc2occc2c1. The van der Waals surface area contributed by atoms with Gasteiger partial charge in [-0.2, -0.15) is 0 Å². The van der Waals surface area contributed by atoms with Gasteiger partial charge in [-0.15, -0.1) is 0 Å². The molecule has 0 saturated carbocycles. The number of ether oxygens (including phenoxy) is 3. The number of furan rings is 1. The number of phosphoric acid groups is 1. The van der Waals surface area contributed by atoms with Crippen LogP contribution < -0.4 is 18.5 Å². The average molecular weight is 731 g/mol. The van der Waals surface area contributed by atoms with Gasteiger partial charge in [-0.1, -0.05) is 55.1 Å². The number of Topliss-reactive ketones (excluding diaryl/α,β-unsaturated/α-hetero) is 1. The van der Waals surface area contributed by atoms with Crippen LogP contribution >= 0.6 is 7.82 Å². The molecule has 3 N–H and O–H groups in total. The maximum atomic E-state index is 13.9. The average Bonchev–Trinajstić information content (AvgIpc) is 3.61. The van der Waals surface area contributed by atoms with Gasteiger partial charge in [0.15, 0.2) is 5.78 Å². The summed E-state index contributed by atoms with van der Waals surface area (Å²) >= 11 is 0. The van der Waals surface area contributed by atoms with Crippen molar-refractivity contribution in [1.29, 1.82) is 0 Å². The van der Waals surface area contributed by atoms with Crippen molar-refractivity contribution >= 4 is 24.6 Å². The number of hydrogen-bond acceptors (Lipinski definition) is 12. The summed E-state index contributed by atoms with van der Waals surface area (Å²) in [7, 11) is -4.42. The Morgan fingerprint density at radius 2 is 1.54 bits per heavy atom. The predicted octanol–water partition coefficient (Wildman–Crippen LogP) is 6.59. The summed E-state index contributed by atoms with van der Waals surface area (Å²) in [5.74, 6) is 0.317. The second-order valence-electron chi connectivity index (χ2n) is 12.1. The van der Waals surface area contributed by atoms with E-state index in [0.717, 1.165) is 16.5 Å². The maximum absolute atomic E-state index is 13.9. The van der Waals surface area contributed by atoms with E-state index in [9.17, 15) is 24.7 Å². The Kier molecular flexibility index (Phi) is 11.8. The molecule has 13 heteroatoms. The fraction of sp³-hybridized carbons (Fsp3) is 0.256. The topological polar surface area (TPSA) is 163 Å². The molecule has 0 amide bonds. The lowest BCUT2D eigenvalue weighted by molar-refractivity contribution is -0.276. The summed E-state index contributed by atoms with van der Waals surface area (Å²) in [6, 6.07) is 27.2. The number of aliphatic hydroxyl groups is 3. The lowest BCUT2D eigenvalue weighted by atomic mass is 9.98. The summed E-state index contributed by atoms with van der Waals surface area (Å²) in [5.41, 5.74) is 2.42. The first kappa shape index (κ1) is 36.8. The molecule has 4 aromatic carbocycles. The number of aryl methyl sites for hydroxylation is 2. The Morgan fingerprint density at radius 3 is 2.21 bits per heavy atom. The van der Waals surface area contributed by atoms with Crippen LogP contribution in [-0.2, 0) is 20.2 Å². The Hall–Kier alpha value is -4.94. The van der Waals surface area contributed by atoms with Crippen molar-refractivity contribution in [2.24, 2.45) is 0 Å². The van der Waals surface area contributed by atoms with E-state index in [-0.39, 0.29) is 47.4 Å². The third-order valence-electron chi connectivity index (χ3n) is 8.23. The van der Waals surface area contributed by atoms with E-state index in [0.29, 0.717) is 12.0 Å². The molecule has 0 unspecified atom stereocenters. The number of rotatable bonds is 16. The van der Waals surface area contributed by atoms with E-state index >= 15 is 0 Å². The fourth-order valence-electron chi connectivity index (χ4n) is 5.64. The highest BCUT2D eigenvalue weighted by Gasteiger charge is 2.47. The quantitative estimate of drug-likeness (QED) is 0.0568. The van der Waals surface area contributed by atoms with Gasteiger partial charge < -0.3 is 43.0 Å². The van der Waals surface area contributed by atoms with Crippen LogP contribution in [0.15, 0.2) is 120 Å². The summed E-state index contributed by atoms with van der Waals surface area (Å²) < 4.78 is 54.2. The molecule has 1 aromatic heterocycles. The molecule has 6 rings (SSSR count). The van der Waals surface area contributed by atoms with E-state index in [2.05, 4.69) is 6.58 Å². The van der Waals surface area contributed by atoms with Gasteiger partial charge in [-0.3, -0.25) is 9.32 Å². The molecule has 0 spiro atoms. The van der Waals surface area contributed by atoms with Crippen LogP contribution in [0.5, 0.6) is 23.0 Å². The van der Waals surface area contributed by atoms with Crippen molar-refractivity contribution in [3.63, 3.8) is 0 Å². The van der Waals surface area contributed by atoms with Gasteiger partial charge in [-0.05, 0) is 79.1 Å². The molecule has 1 saturated heterocycles. The van der Waals surface area contributed by atoms with Gasteiger partial charge in [0.05, 0.1) is 12.9 Å². The largest absolute Gasteiger partial charge is 0.587 e. The lowest BCUT2D eigenvalue weighted by Gasteiger charge is -2.40. The molecule has 1 fully saturated rings. The zero-order chi connectivity index (χ0) is 36.7. The highest BCUT2D eigenvalue weighted by Crippen LogP contribution is 2.50. The number of carbonyl (C=O) groups excluding carboxylic acids is 1. The Bertz CT molecular complexity index is 1970. The molecule has 0 bridgehead atoms. The third kappa shape index (κ3) is 8.91. The van der Waals surface area contributed by atoms with Crippen molar-refractivity contribution in [1.82, 2.24) is 0 Å². The van der Waals surface area contributed by atoms with E-state index < -0.39 is 45.1 Å². The zero-order valence-corrected chi connectivity index (χ0v) is 29.2. The first-order chi connectivity index (χ1) is 25.1. The first-order valence-electron chi connectivity index (χ1n) is 16.6. The number of ketones is 1. The van der Waals surface area contributed by atoms with Crippen molar-refractivity contribution in [2.45, 2.75) is 50.5 Å². The van der Waals surface area contributed by atoms with E-state index in [1.165, 1.54) is 6.08 Å². The van der Waals surface area contributed by atoms with E-state index in [1.807, 2.05) is 24.3 Å². The predicted molar refractivity (Wildman–Crippen MR) is 191 cm³/mol. The van der Waals surface area contributed by atoms with Crippen LogP contribution in [0.4, 0.5) is 0 Å². The molecule has 12 nitrogen and oxygen atoms in total. The van der Waals surface area contributed by atoms with Crippen LogP contribution in [0.25, 0.3) is 11.0 Å². The van der Waals surface area contributed by atoms with Crippen molar-refractivity contribution in [3.8, 4) is 23.0 Å². The molecule has 0 radical (unpaired) electrons. The molecule has 5 atom stereocenters. The zero-order valence-electron chi connectivity index (χ0n) is 28.3. The van der Waals surface area contributed by atoms with Crippen LogP contribution in [0, 0.1) is 6.92 Å². The monoisotopic (exact) mass is 730 g/mol. The summed E-state index contributed by atoms with van der Waals surface area (Å²) in [6.45, 7) is 4.95. The Balaban J connectivity index is 1.22. The van der Waals surface area contributed by atoms with Crippen molar-refractivity contribution in [2.75, 3.05) is 13.2 Å². The molecule has 1 aliphatic rings. The standard InChI is InChI=1S/C39H39O12P/c1-3-19-45-32-21-25(2)22-33(35(32)30(40)16-14-26-15-17-31-27(23-26)18-20-46-31)48-39-38(43)37(42)36(41)34(49-39)24-47-52(44,50-28-10-6-4-7-11-28)51-29-12-8-5-9-13-29/h3-13,15,17-18,20-23,34,36-39,41-43H,1,14,16,19,24H2,2H3/t34-,36-,37+,38-,39-/m1/s1. The number of carbonyl (C=O) groups is 1. The van der Waals surface area contributed by atoms with Crippen LogP contribution in [0.3, 0.4) is 0 Å². The number of phosphoric ester groups is 1. The molecule has 52 heavy (non-hydrogen) atoms. The molecular formula is C39H39O12P. The van der Waals surface area contributed by atoms with Crippen molar-refractivity contribution in [3.05, 3.63) is 133 Å². The maximum Gasteiger partial charge on any atom is 0.587 e. The molecule has 1 aliphatic heterocycles. The van der Waals surface area contributed by atoms with Crippen LogP contribution in [0.1, 0.15) is 27.9 Å². The number of aliphatic hydroxyl groups excluding tert-OH is 3. The summed E-state index contributed by atoms with van der Waals surface area (Å²) in [4.78, 5) is 13.9. The van der Waals surface area contributed by atoms with Gasteiger partial charge in [0, 0.05) is 11.8 Å². The molecule has 2 heterocycles. The van der Waals surface area contributed by atoms with E-state index in [1.54, 1.807) is 86.0 Å². The minimum atomic E-state index is -4.42. The number of hydrogen-bond donors (Lipinski definition) is 3. The second kappa shape index (κ2) is 16.6. The van der Waals surface area contributed by atoms with Crippen molar-refractivity contribution < 1.29 is 56.9 Å². The molecule has 0 aliphatic carbocycles. The first-order valence-corrected chi connectivity index (χ1v) is 18.1. The summed E-state index contributed by atoms with van der Waals surface area (Å²) in [5, 5.41) is 33.7. The minimum Gasteiger partial charge on any atom is -0.489 e. The van der Waals surface area contributed by atoms with E-state index in [4.69, 9.17) is 32.2 Å². The third-order valence-corrected chi connectivity index (χ3v) is 9.57. The number of benzene rings is 4. The molecule has 5 aromatic rings. The number of fused-ring (bicyclic) bond motifs is 1. The fourth-order valence-corrected chi connectivity index (χ4v) is 6.87. The summed E-state index contributed by atoms with van der Waals surface area (Å²) in [6.07, 6.45) is -4.63. The number of para-hydroxylation sites is 2. The van der Waals surface area contributed by atoms with Gasteiger partial charge >= 0.3 is 7.82 Å². The minimum absolute atomic E-state index is 0.0205. The smallest absolute Gasteiger partial charge is 0.489 e.